The SMILES string of the molecule is C=CC(=O)Nc1cc(Nc2nccc(-n3ccc4ccccc43)n2)c(C=O)cc1N1CCN(Cc2ccccc2)CC1. The van der Waals surface area contributed by atoms with Crippen LogP contribution in [0.25, 0.3) is 16.7 Å². The molecule has 1 saturated heterocycles. The van der Waals surface area contributed by atoms with Crippen molar-refractivity contribution in [2.75, 3.05) is 41.7 Å². The predicted octanol–water partition coefficient (Wildman–Crippen LogP) is 5.42. The number of carbonyl (C=O) groups excluding carboxylic acids is 2. The number of amides is 1. The van der Waals surface area contributed by atoms with Crippen LogP contribution in [0.4, 0.5) is 23.0 Å². The van der Waals surface area contributed by atoms with E-state index in [0.717, 1.165) is 55.6 Å². The third kappa shape index (κ3) is 5.77. The number of para-hydroxylation sites is 1. The van der Waals surface area contributed by atoms with Gasteiger partial charge in [0.1, 0.15) is 5.82 Å². The fraction of sp³-hybridized carbons (Fsp3) is 0.152. The van der Waals surface area contributed by atoms with Crippen LogP contribution in [0.15, 0.2) is 104 Å². The second kappa shape index (κ2) is 12.1. The lowest BCUT2D eigenvalue weighted by Gasteiger charge is -2.37. The van der Waals surface area contributed by atoms with E-state index in [4.69, 9.17) is 4.98 Å². The molecule has 0 radical (unpaired) electrons. The van der Waals surface area contributed by atoms with Crippen LogP contribution in [0.3, 0.4) is 0 Å². The number of aldehydes is 1. The molecule has 0 saturated carbocycles. The Morgan fingerprint density at radius 2 is 1.71 bits per heavy atom. The van der Waals surface area contributed by atoms with Gasteiger partial charge in [-0.25, -0.2) is 4.98 Å². The number of carbonyl (C=O) groups is 2. The van der Waals surface area contributed by atoms with E-state index in [2.05, 4.69) is 56.3 Å². The van der Waals surface area contributed by atoms with Crippen molar-refractivity contribution in [2.24, 2.45) is 0 Å². The number of rotatable bonds is 9. The van der Waals surface area contributed by atoms with Gasteiger partial charge in [0.05, 0.1) is 22.6 Å². The molecule has 2 N–H and O–H groups in total. The molecule has 9 heteroatoms. The van der Waals surface area contributed by atoms with Gasteiger partial charge < -0.3 is 20.1 Å². The van der Waals surface area contributed by atoms with E-state index in [-0.39, 0.29) is 5.91 Å². The summed E-state index contributed by atoms with van der Waals surface area (Å²) in [6, 6.07) is 25.9. The Bertz CT molecular complexity index is 1740. The molecule has 9 nitrogen and oxygen atoms in total. The molecule has 210 valence electrons. The van der Waals surface area contributed by atoms with Gasteiger partial charge in [0.25, 0.3) is 0 Å². The van der Waals surface area contributed by atoms with Gasteiger partial charge >= 0.3 is 0 Å². The summed E-state index contributed by atoms with van der Waals surface area (Å²) >= 11 is 0. The summed E-state index contributed by atoms with van der Waals surface area (Å²) in [6.07, 6.45) is 5.67. The average Bonchev–Trinajstić information content (AvgIpc) is 3.47. The van der Waals surface area contributed by atoms with Crippen molar-refractivity contribution in [1.82, 2.24) is 19.4 Å². The maximum absolute atomic E-state index is 12.4. The number of hydrogen-bond donors (Lipinski definition) is 2. The first kappa shape index (κ1) is 26.9. The van der Waals surface area contributed by atoms with E-state index >= 15 is 0 Å². The first-order valence-corrected chi connectivity index (χ1v) is 13.9. The summed E-state index contributed by atoms with van der Waals surface area (Å²) in [5, 5.41) is 7.23. The van der Waals surface area contributed by atoms with Gasteiger partial charge in [-0.3, -0.25) is 14.5 Å². The second-order valence-corrected chi connectivity index (χ2v) is 10.1. The number of fused-ring (bicyclic) bond motifs is 1. The number of nitrogens with zero attached hydrogens (tertiary/aromatic N) is 5. The molecule has 1 fully saturated rings. The third-order valence-corrected chi connectivity index (χ3v) is 7.43. The molecule has 5 aromatic rings. The zero-order valence-electron chi connectivity index (χ0n) is 23.1. The van der Waals surface area contributed by atoms with E-state index in [1.165, 1.54) is 11.6 Å². The van der Waals surface area contributed by atoms with Crippen LogP contribution in [0, 0.1) is 0 Å². The van der Waals surface area contributed by atoms with Crippen molar-refractivity contribution in [3.8, 4) is 5.82 Å². The summed E-state index contributed by atoms with van der Waals surface area (Å²) in [5.41, 5.74) is 4.60. The smallest absolute Gasteiger partial charge is 0.247 e. The second-order valence-electron chi connectivity index (χ2n) is 10.1. The highest BCUT2D eigenvalue weighted by atomic mass is 16.1. The van der Waals surface area contributed by atoms with Crippen LogP contribution < -0.4 is 15.5 Å². The fourth-order valence-electron chi connectivity index (χ4n) is 5.29. The van der Waals surface area contributed by atoms with E-state index < -0.39 is 0 Å². The number of nitrogens with one attached hydrogen (secondary N) is 2. The van der Waals surface area contributed by atoms with Crippen molar-refractivity contribution in [2.45, 2.75) is 6.54 Å². The van der Waals surface area contributed by atoms with Crippen molar-refractivity contribution < 1.29 is 9.59 Å². The molecule has 1 amide bonds. The van der Waals surface area contributed by atoms with Crippen LogP contribution in [0.2, 0.25) is 0 Å². The van der Waals surface area contributed by atoms with Crippen molar-refractivity contribution in [3.63, 3.8) is 0 Å². The van der Waals surface area contributed by atoms with Gasteiger partial charge in [0.2, 0.25) is 11.9 Å². The highest BCUT2D eigenvalue weighted by Gasteiger charge is 2.22. The molecule has 0 unspecified atom stereocenters. The van der Waals surface area contributed by atoms with E-state index in [9.17, 15) is 9.59 Å². The van der Waals surface area contributed by atoms with E-state index in [0.29, 0.717) is 28.7 Å². The lowest BCUT2D eigenvalue weighted by molar-refractivity contribution is -0.111. The Kier molecular flexibility index (Phi) is 7.74. The van der Waals surface area contributed by atoms with Gasteiger partial charge in [0.15, 0.2) is 6.29 Å². The lowest BCUT2D eigenvalue weighted by atomic mass is 10.1. The molecule has 1 aliphatic rings. The predicted molar refractivity (Wildman–Crippen MR) is 167 cm³/mol. The van der Waals surface area contributed by atoms with Crippen molar-refractivity contribution in [3.05, 3.63) is 115 Å². The number of anilines is 4. The molecule has 3 heterocycles. The largest absolute Gasteiger partial charge is 0.367 e. The zero-order chi connectivity index (χ0) is 28.9. The molecular weight excluding hydrogens is 526 g/mol. The molecule has 0 spiro atoms. The summed E-state index contributed by atoms with van der Waals surface area (Å²) in [5.74, 6) is 0.685. The van der Waals surface area contributed by atoms with Crippen LogP contribution >= 0.6 is 0 Å². The van der Waals surface area contributed by atoms with Gasteiger partial charge in [-0.2, -0.15) is 4.98 Å². The van der Waals surface area contributed by atoms with E-state index in [1.54, 1.807) is 12.3 Å². The van der Waals surface area contributed by atoms with Gasteiger partial charge in [0, 0.05) is 50.7 Å². The first-order chi connectivity index (χ1) is 20.6. The van der Waals surface area contributed by atoms with Crippen molar-refractivity contribution >= 4 is 46.1 Å². The molecule has 0 atom stereocenters. The maximum atomic E-state index is 12.4. The molecule has 2 aromatic heterocycles. The molecule has 6 rings (SSSR count). The Labute approximate surface area is 244 Å². The molecule has 1 aliphatic heterocycles. The normalized spacial score (nSPS) is 13.6. The minimum atomic E-state index is -0.332. The van der Waals surface area contributed by atoms with Gasteiger partial charge in [-0.05, 0) is 47.4 Å². The lowest BCUT2D eigenvalue weighted by Crippen LogP contribution is -2.46. The summed E-state index contributed by atoms with van der Waals surface area (Å²) < 4.78 is 1.99. The minimum Gasteiger partial charge on any atom is -0.367 e. The van der Waals surface area contributed by atoms with Crippen LogP contribution in [0.5, 0.6) is 0 Å². The maximum Gasteiger partial charge on any atom is 0.247 e. The monoisotopic (exact) mass is 557 g/mol. The average molecular weight is 558 g/mol. The summed E-state index contributed by atoms with van der Waals surface area (Å²) in [7, 11) is 0. The van der Waals surface area contributed by atoms with Gasteiger partial charge in [-0.15, -0.1) is 0 Å². The molecule has 42 heavy (non-hydrogen) atoms. The molecular formula is C33H31N7O2. The molecule has 3 aromatic carbocycles. The Morgan fingerprint density at radius 1 is 0.929 bits per heavy atom. The summed E-state index contributed by atoms with van der Waals surface area (Å²) in [6.45, 7) is 7.71. The van der Waals surface area contributed by atoms with Gasteiger partial charge in [-0.1, -0.05) is 55.1 Å². The minimum absolute atomic E-state index is 0.330. The topological polar surface area (TPSA) is 95.4 Å². The Morgan fingerprint density at radius 3 is 2.50 bits per heavy atom. The number of aromatic nitrogens is 3. The Hall–Kier alpha value is -5.28. The molecule has 0 aliphatic carbocycles. The number of piperazine rings is 1. The van der Waals surface area contributed by atoms with Crippen molar-refractivity contribution in [1.29, 1.82) is 0 Å². The van der Waals surface area contributed by atoms with Crippen LogP contribution in [0.1, 0.15) is 15.9 Å². The fourth-order valence-corrected chi connectivity index (χ4v) is 5.29. The van der Waals surface area contributed by atoms with Crippen LogP contribution in [-0.2, 0) is 11.3 Å². The summed E-state index contributed by atoms with van der Waals surface area (Å²) in [4.78, 5) is 38.4. The number of hydrogen-bond acceptors (Lipinski definition) is 7. The van der Waals surface area contributed by atoms with E-state index in [1.807, 2.05) is 59.3 Å². The number of benzene rings is 3. The quantitative estimate of drug-likeness (QED) is 0.185. The highest BCUT2D eigenvalue weighted by molar-refractivity contribution is 6.03. The Balaban J connectivity index is 1.26. The van der Waals surface area contributed by atoms with Crippen LogP contribution in [-0.4, -0.2) is 57.8 Å². The first-order valence-electron chi connectivity index (χ1n) is 13.9. The highest BCUT2D eigenvalue weighted by Crippen LogP contribution is 2.34. The zero-order valence-corrected chi connectivity index (χ0v) is 23.1. The standard InChI is InChI=1S/C33H31N7O2/c1-2-32(42)35-28-21-27(36-33-34-14-12-31(37-33)40-15-13-25-10-6-7-11-29(25)40)26(23-41)20-30(28)39-18-16-38(17-19-39)22-24-8-4-3-5-9-24/h2-15,20-21,23H,1,16-19,22H2,(H,35,42)(H,34,36,37). The molecule has 0 bridgehead atoms. The third-order valence-electron chi connectivity index (χ3n) is 7.43.